The van der Waals surface area contributed by atoms with Gasteiger partial charge in [0.1, 0.15) is 0 Å². The number of hydrogen-bond donors (Lipinski definition) is 2. The molecule has 1 rings (SSSR count). The van der Waals surface area contributed by atoms with Crippen LogP contribution < -0.4 is 0 Å². The topological polar surface area (TPSA) is 83.8 Å². The first-order chi connectivity index (χ1) is 8.97. The first kappa shape index (κ1) is 15.5. The van der Waals surface area contributed by atoms with Gasteiger partial charge < -0.3 is 14.9 Å². The van der Waals surface area contributed by atoms with E-state index in [0.29, 0.717) is 12.2 Å². The molecule has 0 saturated carbocycles. The minimum Gasteiger partial charge on any atom is -0.479 e. The van der Waals surface area contributed by atoms with Gasteiger partial charge in [0.05, 0.1) is 6.61 Å². The number of aliphatic hydroxyl groups is 1. The van der Waals surface area contributed by atoms with Gasteiger partial charge in [0.25, 0.3) is 0 Å². The predicted molar refractivity (Wildman–Crippen MR) is 69.0 cm³/mol. The molecule has 0 heterocycles. The number of rotatable bonds is 6. The van der Waals surface area contributed by atoms with E-state index in [2.05, 4.69) is 0 Å². The van der Waals surface area contributed by atoms with Crippen molar-refractivity contribution >= 4 is 23.5 Å². The van der Waals surface area contributed by atoms with Crippen molar-refractivity contribution in [2.75, 3.05) is 6.61 Å². The second-order valence-electron chi connectivity index (χ2n) is 3.86. The van der Waals surface area contributed by atoms with Crippen LogP contribution in [0.15, 0.2) is 18.2 Å². The summed E-state index contributed by atoms with van der Waals surface area (Å²) in [5.74, 6) is -1.76. The van der Waals surface area contributed by atoms with Gasteiger partial charge in [-0.3, -0.25) is 4.79 Å². The Hall–Kier alpha value is -1.59. The lowest BCUT2D eigenvalue weighted by atomic mass is 9.98. The van der Waals surface area contributed by atoms with E-state index < -0.39 is 12.1 Å². The number of carbonyl (C=O) groups excluding carboxylic acids is 1. The SMILES string of the molecule is CCOC(=O)CCc1cccc(Cl)c1C(O)C(=O)O. The minimum absolute atomic E-state index is 0.105. The summed E-state index contributed by atoms with van der Waals surface area (Å²) in [7, 11) is 0. The van der Waals surface area contributed by atoms with Crippen LogP contribution in [0.2, 0.25) is 5.02 Å². The Bertz CT molecular complexity index is 472. The monoisotopic (exact) mass is 286 g/mol. The number of aliphatic hydroxyl groups excluding tert-OH is 1. The molecule has 0 saturated heterocycles. The van der Waals surface area contributed by atoms with Crippen molar-refractivity contribution in [3.63, 3.8) is 0 Å². The molecule has 5 nitrogen and oxygen atoms in total. The fourth-order valence-electron chi connectivity index (χ4n) is 1.70. The molecule has 2 N–H and O–H groups in total. The van der Waals surface area contributed by atoms with Crippen LogP contribution in [-0.4, -0.2) is 28.8 Å². The number of carboxylic acids is 1. The summed E-state index contributed by atoms with van der Waals surface area (Å²) in [4.78, 5) is 22.1. The van der Waals surface area contributed by atoms with Crippen LogP contribution in [0.25, 0.3) is 0 Å². The maximum atomic E-state index is 11.3. The van der Waals surface area contributed by atoms with Crippen molar-refractivity contribution in [1.29, 1.82) is 0 Å². The molecule has 1 unspecified atom stereocenters. The lowest BCUT2D eigenvalue weighted by Crippen LogP contribution is -2.14. The van der Waals surface area contributed by atoms with Crippen molar-refractivity contribution < 1.29 is 24.5 Å². The van der Waals surface area contributed by atoms with E-state index in [1.807, 2.05) is 0 Å². The largest absolute Gasteiger partial charge is 0.479 e. The fraction of sp³-hybridized carbons (Fsp3) is 0.385. The number of hydrogen-bond acceptors (Lipinski definition) is 4. The molecule has 1 aromatic rings. The summed E-state index contributed by atoms with van der Waals surface area (Å²) in [5.41, 5.74) is 0.649. The van der Waals surface area contributed by atoms with Crippen LogP contribution in [-0.2, 0) is 20.7 Å². The Morgan fingerprint density at radius 3 is 2.68 bits per heavy atom. The molecule has 0 aliphatic carbocycles. The number of aliphatic carboxylic acids is 1. The Morgan fingerprint density at radius 2 is 2.11 bits per heavy atom. The number of halogens is 1. The molecule has 104 valence electrons. The van der Waals surface area contributed by atoms with Gasteiger partial charge in [-0.15, -0.1) is 0 Å². The van der Waals surface area contributed by atoms with Crippen molar-refractivity contribution in [3.8, 4) is 0 Å². The van der Waals surface area contributed by atoms with E-state index in [0.717, 1.165) is 0 Å². The normalized spacial score (nSPS) is 11.9. The molecular weight excluding hydrogens is 272 g/mol. The van der Waals surface area contributed by atoms with Gasteiger partial charge in [-0.05, 0) is 25.0 Å². The molecule has 0 amide bonds. The number of carbonyl (C=O) groups is 2. The highest BCUT2D eigenvalue weighted by molar-refractivity contribution is 6.31. The highest BCUT2D eigenvalue weighted by atomic mass is 35.5. The first-order valence-electron chi connectivity index (χ1n) is 5.81. The molecule has 0 bridgehead atoms. The van der Waals surface area contributed by atoms with E-state index in [1.165, 1.54) is 6.07 Å². The van der Waals surface area contributed by atoms with Crippen molar-refractivity contribution in [3.05, 3.63) is 34.3 Å². The number of aryl methyl sites for hydroxylation is 1. The average Bonchev–Trinajstić information content (AvgIpc) is 2.36. The third-order valence-corrected chi connectivity index (χ3v) is 2.88. The van der Waals surface area contributed by atoms with Crippen LogP contribution in [0.1, 0.15) is 30.6 Å². The number of benzene rings is 1. The van der Waals surface area contributed by atoms with E-state index in [9.17, 15) is 14.7 Å². The lowest BCUT2D eigenvalue weighted by Gasteiger charge is -2.14. The van der Waals surface area contributed by atoms with Crippen LogP contribution >= 0.6 is 11.6 Å². The maximum Gasteiger partial charge on any atom is 0.337 e. The smallest absolute Gasteiger partial charge is 0.337 e. The Kier molecular flexibility index (Phi) is 5.79. The minimum atomic E-state index is -1.70. The van der Waals surface area contributed by atoms with E-state index in [1.54, 1.807) is 19.1 Å². The molecule has 0 aliphatic rings. The van der Waals surface area contributed by atoms with E-state index in [4.69, 9.17) is 21.4 Å². The summed E-state index contributed by atoms with van der Waals surface area (Å²) < 4.78 is 4.79. The van der Waals surface area contributed by atoms with Crippen molar-refractivity contribution in [2.45, 2.75) is 25.9 Å². The van der Waals surface area contributed by atoms with Crippen LogP contribution in [0.4, 0.5) is 0 Å². The van der Waals surface area contributed by atoms with E-state index in [-0.39, 0.29) is 29.4 Å². The third kappa shape index (κ3) is 4.22. The van der Waals surface area contributed by atoms with E-state index >= 15 is 0 Å². The number of esters is 1. The molecule has 19 heavy (non-hydrogen) atoms. The molecular formula is C13H15ClO5. The van der Waals surface area contributed by atoms with Gasteiger partial charge in [0.15, 0.2) is 6.10 Å². The zero-order valence-corrected chi connectivity index (χ0v) is 11.2. The highest BCUT2D eigenvalue weighted by Gasteiger charge is 2.22. The van der Waals surface area contributed by atoms with Gasteiger partial charge >= 0.3 is 11.9 Å². The summed E-state index contributed by atoms with van der Waals surface area (Å²) in [6.45, 7) is 2.00. The Morgan fingerprint density at radius 1 is 1.42 bits per heavy atom. The van der Waals surface area contributed by atoms with Crippen LogP contribution in [0.5, 0.6) is 0 Å². The summed E-state index contributed by atoms with van der Waals surface area (Å²) in [6.07, 6.45) is -1.34. The number of ether oxygens (including phenoxy) is 1. The second kappa shape index (κ2) is 7.11. The molecule has 0 aliphatic heterocycles. The summed E-state index contributed by atoms with van der Waals surface area (Å²) in [5, 5.41) is 18.6. The molecule has 0 radical (unpaired) electrons. The number of carboxylic acid groups (broad SMARTS) is 1. The molecule has 0 fully saturated rings. The summed E-state index contributed by atoms with van der Waals surface area (Å²) in [6, 6.07) is 4.77. The van der Waals surface area contributed by atoms with Gasteiger partial charge in [0.2, 0.25) is 0 Å². The van der Waals surface area contributed by atoms with Gasteiger partial charge in [0, 0.05) is 17.0 Å². The lowest BCUT2D eigenvalue weighted by molar-refractivity contribution is -0.147. The summed E-state index contributed by atoms with van der Waals surface area (Å²) >= 11 is 5.91. The second-order valence-corrected chi connectivity index (χ2v) is 4.27. The van der Waals surface area contributed by atoms with Gasteiger partial charge in [-0.1, -0.05) is 23.7 Å². The maximum absolute atomic E-state index is 11.3. The zero-order valence-electron chi connectivity index (χ0n) is 10.4. The molecule has 1 aromatic carbocycles. The average molecular weight is 287 g/mol. The third-order valence-electron chi connectivity index (χ3n) is 2.55. The first-order valence-corrected chi connectivity index (χ1v) is 6.19. The quantitative estimate of drug-likeness (QED) is 0.781. The van der Waals surface area contributed by atoms with Crippen LogP contribution in [0.3, 0.4) is 0 Å². The highest BCUT2D eigenvalue weighted by Crippen LogP contribution is 2.28. The fourth-order valence-corrected chi connectivity index (χ4v) is 2.00. The molecule has 6 heteroatoms. The van der Waals surface area contributed by atoms with Gasteiger partial charge in [-0.2, -0.15) is 0 Å². The molecule has 0 spiro atoms. The Balaban J connectivity index is 2.91. The Labute approximate surface area is 115 Å². The van der Waals surface area contributed by atoms with Crippen molar-refractivity contribution in [1.82, 2.24) is 0 Å². The standard InChI is InChI=1S/C13H15ClO5/c1-2-19-10(15)7-6-8-4-3-5-9(14)11(8)12(16)13(17)18/h3-5,12,16H,2,6-7H2,1H3,(H,17,18). The molecule has 1 atom stereocenters. The van der Waals surface area contributed by atoms with Gasteiger partial charge in [-0.25, -0.2) is 4.79 Å². The molecule has 0 aromatic heterocycles. The van der Waals surface area contributed by atoms with Crippen LogP contribution in [0, 0.1) is 0 Å². The van der Waals surface area contributed by atoms with Crippen molar-refractivity contribution in [2.24, 2.45) is 0 Å². The zero-order chi connectivity index (χ0) is 14.4. The predicted octanol–water partition coefficient (Wildman–Crippen LogP) is 1.95.